The summed E-state index contributed by atoms with van der Waals surface area (Å²) in [6.07, 6.45) is 7.52. The Bertz CT molecular complexity index is 1770. The highest BCUT2D eigenvalue weighted by Crippen LogP contribution is 2.64. The Morgan fingerprint density at radius 2 is 1.18 bits per heavy atom. The highest BCUT2D eigenvalue weighted by Gasteiger charge is 2.47. The van der Waals surface area contributed by atoms with Crippen LogP contribution in [-0.4, -0.2) is 68.3 Å². The number of amides is 1. The quantitative estimate of drug-likeness (QED) is 0.0870. The minimum Gasteiger partial charge on any atom is -0.489 e. The Hall–Kier alpha value is -4.90. The third kappa shape index (κ3) is 7.44. The molecular weight excluding hydrogens is 673 g/mol. The molecule has 0 spiro atoms. The van der Waals surface area contributed by atoms with Crippen LogP contribution >= 0.6 is 0 Å². The molecule has 2 aromatic carbocycles. The normalized spacial score (nSPS) is 13.6. The molecule has 13 nitrogen and oxygen atoms in total. The minimum absolute atomic E-state index is 0.0409. The number of fused-ring (bicyclic) bond motifs is 2. The van der Waals surface area contributed by atoms with E-state index in [-0.39, 0.29) is 28.8 Å². The first kappa shape index (κ1) is 38.9. The van der Waals surface area contributed by atoms with Gasteiger partial charge in [0.2, 0.25) is 9.84 Å². The van der Waals surface area contributed by atoms with Crippen molar-refractivity contribution in [3.05, 3.63) is 64.0 Å². The van der Waals surface area contributed by atoms with Crippen LogP contribution in [0.15, 0.2) is 57.5 Å². The lowest BCUT2D eigenvalue weighted by Crippen LogP contribution is -2.31. The Balaban J connectivity index is 2.09. The average Bonchev–Trinajstić information content (AvgIpc) is 3.50. The number of primary amides is 1. The lowest BCUT2D eigenvalue weighted by molar-refractivity contribution is -0.137. The van der Waals surface area contributed by atoms with Crippen molar-refractivity contribution >= 4 is 44.5 Å². The topological polar surface area (TPSA) is 139 Å². The van der Waals surface area contributed by atoms with Crippen molar-refractivity contribution < 1.29 is 32.2 Å². The van der Waals surface area contributed by atoms with Gasteiger partial charge in [-0.15, -0.1) is 0 Å². The number of benzene rings is 2. The molecule has 14 heteroatoms. The maximum absolute atomic E-state index is 14.3. The number of ether oxygens (including phenoxy) is 3. The molecule has 0 unspecified atom stereocenters. The molecule has 1 amide bonds. The van der Waals surface area contributed by atoms with Crippen LogP contribution < -0.4 is 34.8 Å². The molecule has 0 aliphatic carbocycles. The highest BCUT2D eigenvalue weighted by molar-refractivity contribution is 7.96. The number of carbonyl (C=O) groups excluding carboxylic acids is 2. The molecule has 0 saturated carbocycles. The Morgan fingerprint density at radius 1 is 0.725 bits per heavy atom. The second-order valence-electron chi connectivity index (χ2n) is 12.4. The van der Waals surface area contributed by atoms with Crippen molar-refractivity contribution in [3.63, 3.8) is 0 Å². The fraction of sp³-hybridized carbons (Fsp3) is 0.486. The van der Waals surface area contributed by atoms with Gasteiger partial charge in [-0.3, -0.25) is 4.79 Å². The standard InChI is InChI=1S/C37H50N6O7S/c1-9-12-14-19-23-49-31-27-28(41(6)35(40(27)5)26(39-4)34(38)44)32(50-24-20-15-13-10-2)30-29(31)42(7)36(43(30)8)33(37(45)48-11-3)51(46,47)25-21-17-16-18-22-25/h16-18,21-22H,9-15,19-20,23-24H2,1-3,5-8H3,(H2,38,44). The second-order valence-corrected chi connectivity index (χ2v) is 14.3. The van der Waals surface area contributed by atoms with Crippen LogP contribution in [0.25, 0.3) is 4.85 Å². The van der Waals surface area contributed by atoms with E-state index < -0.39 is 26.6 Å². The summed E-state index contributed by atoms with van der Waals surface area (Å²) in [6, 6.07) is 7.76. The van der Waals surface area contributed by atoms with E-state index in [1.807, 2.05) is 0 Å². The van der Waals surface area contributed by atoms with Crippen LogP contribution in [0.2, 0.25) is 0 Å². The van der Waals surface area contributed by atoms with Gasteiger partial charge in [0.05, 0.1) is 31.3 Å². The lowest BCUT2D eigenvalue weighted by atomic mass is 10.1. The monoisotopic (exact) mass is 722 g/mol. The molecule has 0 radical (unpaired) electrons. The van der Waals surface area contributed by atoms with E-state index in [4.69, 9.17) is 26.5 Å². The number of hydrogen-bond donors (Lipinski definition) is 1. The van der Waals surface area contributed by atoms with Gasteiger partial charge in [-0.2, -0.15) is 0 Å². The number of carbonyl (C=O) groups is 2. The van der Waals surface area contributed by atoms with Crippen molar-refractivity contribution in [2.24, 2.45) is 5.73 Å². The molecule has 2 aromatic rings. The summed E-state index contributed by atoms with van der Waals surface area (Å²) in [5, 5.41) is 0. The van der Waals surface area contributed by atoms with E-state index in [9.17, 15) is 18.0 Å². The molecule has 0 atom stereocenters. The zero-order valence-corrected chi connectivity index (χ0v) is 31.6. The maximum atomic E-state index is 14.3. The first-order chi connectivity index (χ1) is 24.4. The first-order valence-corrected chi connectivity index (χ1v) is 19.0. The number of anilines is 4. The molecule has 276 valence electrons. The predicted molar refractivity (Wildman–Crippen MR) is 199 cm³/mol. The summed E-state index contributed by atoms with van der Waals surface area (Å²) < 4.78 is 47.3. The van der Waals surface area contributed by atoms with Crippen molar-refractivity contribution in [1.82, 2.24) is 0 Å². The number of rotatable bonds is 17. The molecule has 0 bridgehead atoms. The van der Waals surface area contributed by atoms with Gasteiger partial charge in [-0.05, 0) is 31.9 Å². The van der Waals surface area contributed by atoms with Crippen molar-refractivity contribution in [1.29, 1.82) is 0 Å². The third-order valence-electron chi connectivity index (χ3n) is 8.95. The van der Waals surface area contributed by atoms with Gasteiger partial charge in [0.15, 0.2) is 16.4 Å². The average molecular weight is 723 g/mol. The van der Waals surface area contributed by atoms with Gasteiger partial charge in [0.25, 0.3) is 11.6 Å². The van der Waals surface area contributed by atoms with Crippen molar-refractivity contribution in [2.75, 3.05) is 67.6 Å². The number of nitrogens with two attached hydrogens (primary N) is 1. The number of esters is 1. The van der Waals surface area contributed by atoms with E-state index >= 15 is 0 Å². The summed E-state index contributed by atoms with van der Waals surface area (Å²) in [6.45, 7) is 14.3. The lowest BCUT2D eigenvalue weighted by Gasteiger charge is -2.24. The van der Waals surface area contributed by atoms with Crippen molar-refractivity contribution in [3.8, 4) is 11.5 Å². The zero-order chi connectivity index (χ0) is 37.5. The summed E-state index contributed by atoms with van der Waals surface area (Å²) >= 11 is 0. The number of unbranched alkanes of at least 4 members (excludes halogenated alkanes) is 6. The molecule has 0 aromatic heterocycles. The van der Waals surface area contributed by atoms with E-state index in [0.717, 1.165) is 51.4 Å². The summed E-state index contributed by atoms with van der Waals surface area (Å²) in [4.78, 5) is 35.8. The first-order valence-electron chi connectivity index (χ1n) is 17.5. The van der Waals surface area contributed by atoms with Crippen LogP contribution in [-0.2, 0) is 24.2 Å². The van der Waals surface area contributed by atoms with Crippen LogP contribution in [0.5, 0.6) is 11.5 Å². The molecule has 51 heavy (non-hydrogen) atoms. The summed E-state index contributed by atoms with van der Waals surface area (Å²) in [5.41, 5.74) is 7.38. The molecule has 2 aliphatic heterocycles. The minimum atomic E-state index is -4.41. The van der Waals surface area contributed by atoms with Crippen LogP contribution in [0, 0.1) is 6.57 Å². The highest BCUT2D eigenvalue weighted by atomic mass is 32.2. The Kier molecular flexibility index (Phi) is 12.9. The van der Waals surface area contributed by atoms with Gasteiger partial charge >= 0.3 is 5.97 Å². The van der Waals surface area contributed by atoms with Gasteiger partial charge in [-0.25, -0.2) is 18.1 Å². The predicted octanol–water partition coefficient (Wildman–Crippen LogP) is 6.16. The fourth-order valence-electron chi connectivity index (χ4n) is 6.53. The van der Waals surface area contributed by atoms with Gasteiger partial charge in [0, 0.05) is 28.2 Å². The molecule has 2 aliphatic rings. The van der Waals surface area contributed by atoms with Crippen molar-refractivity contribution in [2.45, 2.75) is 77.0 Å². The fourth-order valence-corrected chi connectivity index (χ4v) is 8.07. The maximum Gasteiger partial charge on any atom is 0.353 e. The Morgan fingerprint density at radius 3 is 1.57 bits per heavy atom. The van der Waals surface area contributed by atoms with Crippen LogP contribution in [0.4, 0.5) is 22.7 Å². The molecule has 4 rings (SSSR count). The number of sulfone groups is 1. The van der Waals surface area contributed by atoms with Crippen LogP contribution in [0.1, 0.15) is 72.1 Å². The van der Waals surface area contributed by atoms with E-state index in [0.29, 0.717) is 47.5 Å². The van der Waals surface area contributed by atoms with E-state index in [2.05, 4.69) is 18.7 Å². The number of hydrogen-bond acceptors (Lipinski definition) is 11. The molecule has 2 heterocycles. The van der Waals surface area contributed by atoms with E-state index in [1.165, 1.54) is 12.1 Å². The molecule has 0 fully saturated rings. The molecule has 0 saturated heterocycles. The van der Waals surface area contributed by atoms with Crippen LogP contribution in [0.3, 0.4) is 0 Å². The third-order valence-corrected chi connectivity index (χ3v) is 10.7. The summed E-state index contributed by atoms with van der Waals surface area (Å²) in [7, 11) is 2.36. The SMILES string of the molecule is [C-]#[N+]C(C(N)=O)=C1N(C)c2c(OCCCCCC)c3c(c(OCCCCCC)c2N1C)N(C)C(=C(C(=O)OCC)S(=O)(=O)c1ccccc1)N3C. The molecule has 2 N–H and O–H groups in total. The van der Waals surface area contributed by atoms with E-state index in [1.54, 1.807) is 72.9 Å². The largest absolute Gasteiger partial charge is 0.489 e. The zero-order valence-electron chi connectivity index (χ0n) is 30.7. The van der Waals surface area contributed by atoms with Gasteiger partial charge in [0.1, 0.15) is 34.4 Å². The Labute approximate surface area is 301 Å². The van der Waals surface area contributed by atoms with Gasteiger partial charge < -0.3 is 39.5 Å². The summed E-state index contributed by atoms with van der Waals surface area (Å²) in [5.74, 6) is -0.823. The number of nitrogens with zero attached hydrogens (tertiary/aromatic N) is 5. The molecular formula is C37H50N6O7S. The smallest absolute Gasteiger partial charge is 0.353 e. The second kappa shape index (κ2) is 16.9. The van der Waals surface area contributed by atoms with Gasteiger partial charge in [-0.1, -0.05) is 70.6 Å².